The zero-order chi connectivity index (χ0) is 15.0. The van der Waals surface area contributed by atoms with E-state index in [0.29, 0.717) is 18.5 Å². The van der Waals surface area contributed by atoms with E-state index in [1.54, 1.807) is 18.2 Å². The van der Waals surface area contributed by atoms with E-state index >= 15 is 0 Å². The van der Waals surface area contributed by atoms with E-state index in [1.807, 2.05) is 6.92 Å². The predicted octanol–water partition coefficient (Wildman–Crippen LogP) is 5.10. The van der Waals surface area contributed by atoms with Gasteiger partial charge in [-0.05, 0) is 43.9 Å². The van der Waals surface area contributed by atoms with Crippen molar-refractivity contribution in [2.75, 3.05) is 6.54 Å². The van der Waals surface area contributed by atoms with Gasteiger partial charge in [-0.2, -0.15) is 13.2 Å². The summed E-state index contributed by atoms with van der Waals surface area (Å²) in [6.45, 7) is 6.37. The number of nitrogens with one attached hydrogen (secondary N) is 1. The van der Waals surface area contributed by atoms with E-state index in [0.717, 1.165) is 25.3 Å². The number of allylic oxidation sites excluding steroid dienone is 1. The molecule has 1 unspecified atom stereocenters. The van der Waals surface area contributed by atoms with Gasteiger partial charge in [-0.15, -0.1) is 6.58 Å². The Hall–Kier alpha value is -1.29. The molecule has 4 heteroatoms. The van der Waals surface area contributed by atoms with Crippen LogP contribution >= 0.6 is 0 Å². The first-order chi connectivity index (χ1) is 9.50. The molecule has 1 aromatic carbocycles. The van der Waals surface area contributed by atoms with Crippen LogP contribution < -0.4 is 5.32 Å². The van der Waals surface area contributed by atoms with E-state index in [4.69, 9.17) is 0 Å². The van der Waals surface area contributed by atoms with Gasteiger partial charge < -0.3 is 5.32 Å². The maximum Gasteiger partial charge on any atom is 0.416 e. The molecule has 20 heavy (non-hydrogen) atoms. The molecule has 1 rings (SSSR count). The lowest BCUT2D eigenvalue weighted by Gasteiger charge is -2.22. The maximum absolute atomic E-state index is 13.1. The van der Waals surface area contributed by atoms with Crippen LogP contribution in [-0.4, -0.2) is 6.54 Å². The zero-order valence-corrected chi connectivity index (χ0v) is 11.8. The first-order valence-electron chi connectivity index (χ1n) is 7.01. The molecule has 0 spiro atoms. The van der Waals surface area contributed by atoms with Crippen molar-refractivity contribution in [2.24, 2.45) is 0 Å². The molecule has 112 valence electrons. The topological polar surface area (TPSA) is 12.0 Å². The van der Waals surface area contributed by atoms with Crippen molar-refractivity contribution >= 4 is 0 Å². The summed E-state index contributed by atoms with van der Waals surface area (Å²) in [5, 5.41) is 3.22. The van der Waals surface area contributed by atoms with Crippen LogP contribution in [0.15, 0.2) is 36.9 Å². The molecule has 0 amide bonds. The zero-order valence-electron chi connectivity index (χ0n) is 11.8. The van der Waals surface area contributed by atoms with Crippen molar-refractivity contribution in [3.8, 4) is 0 Å². The predicted molar refractivity (Wildman–Crippen MR) is 76.5 cm³/mol. The first kappa shape index (κ1) is 16.8. The average Bonchev–Trinajstić information content (AvgIpc) is 2.42. The van der Waals surface area contributed by atoms with Gasteiger partial charge in [0.05, 0.1) is 5.56 Å². The van der Waals surface area contributed by atoms with Crippen molar-refractivity contribution in [3.05, 3.63) is 48.0 Å². The molecule has 1 nitrogen and oxygen atoms in total. The van der Waals surface area contributed by atoms with E-state index in [1.165, 1.54) is 6.07 Å². The Balaban J connectivity index is 2.96. The van der Waals surface area contributed by atoms with Crippen molar-refractivity contribution in [3.63, 3.8) is 0 Å². The van der Waals surface area contributed by atoms with Crippen LogP contribution in [0, 0.1) is 0 Å². The normalized spacial score (nSPS) is 13.2. The van der Waals surface area contributed by atoms with Crippen LogP contribution in [0.3, 0.4) is 0 Å². The molecule has 0 radical (unpaired) electrons. The molecule has 1 N–H and O–H groups in total. The van der Waals surface area contributed by atoms with Gasteiger partial charge in [-0.1, -0.05) is 31.2 Å². The van der Waals surface area contributed by atoms with E-state index in [9.17, 15) is 13.2 Å². The van der Waals surface area contributed by atoms with Crippen LogP contribution in [0.1, 0.15) is 49.8 Å². The van der Waals surface area contributed by atoms with E-state index < -0.39 is 11.7 Å². The number of halogens is 3. The highest BCUT2D eigenvalue weighted by molar-refractivity contribution is 5.32. The highest BCUT2D eigenvalue weighted by Gasteiger charge is 2.34. The standard InChI is InChI=1S/C16H22F3N/c1-3-5-6-11-15(20-12-4-2)13-9-7-8-10-14(13)16(17,18)19/h3,7-10,15,20H,1,4-6,11-12H2,2H3. The second-order valence-corrected chi connectivity index (χ2v) is 4.81. The third kappa shape index (κ3) is 5.00. The maximum atomic E-state index is 13.1. The molecule has 0 fully saturated rings. The lowest BCUT2D eigenvalue weighted by molar-refractivity contribution is -0.138. The molecular formula is C16H22F3N. The van der Waals surface area contributed by atoms with Crippen LogP contribution in [0.5, 0.6) is 0 Å². The van der Waals surface area contributed by atoms with E-state index in [2.05, 4.69) is 11.9 Å². The molecule has 0 aliphatic rings. The highest BCUT2D eigenvalue weighted by atomic mass is 19.4. The van der Waals surface area contributed by atoms with Gasteiger partial charge in [-0.25, -0.2) is 0 Å². The summed E-state index contributed by atoms with van der Waals surface area (Å²) >= 11 is 0. The van der Waals surface area contributed by atoms with Crippen molar-refractivity contribution < 1.29 is 13.2 Å². The Kier molecular flexibility index (Phi) is 6.79. The van der Waals surface area contributed by atoms with Crippen LogP contribution in [0.4, 0.5) is 13.2 Å². The number of benzene rings is 1. The molecule has 1 aromatic rings. The SMILES string of the molecule is C=CCCCC(NCCC)c1ccccc1C(F)(F)F. The third-order valence-electron chi connectivity index (χ3n) is 3.18. The summed E-state index contributed by atoms with van der Waals surface area (Å²) in [4.78, 5) is 0. The number of hydrogen-bond acceptors (Lipinski definition) is 1. The molecule has 0 saturated carbocycles. The summed E-state index contributed by atoms with van der Waals surface area (Å²) in [5.74, 6) is 0. The quantitative estimate of drug-likeness (QED) is 0.517. The lowest BCUT2D eigenvalue weighted by Crippen LogP contribution is -2.25. The molecule has 0 saturated heterocycles. The van der Waals surface area contributed by atoms with Crippen LogP contribution in [0.25, 0.3) is 0 Å². The van der Waals surface area contributed by atoms with Crippen molar-refractivity contribution in [2.45, 2.75) is 44.8 Å². The molecule has 0 bridgehead atoms. The Morgan fingerprint density at radius 3 is 2.60 bits per heavy atom. The summed E-state index contributed by atoms with van der Waals surface area (Å²) in [6.07, 6.45) is 0.717. The van der Waals surface area contributed by atoms with Crippen molar-refractivity contribution in [1.82, 2.24) is 5.32 Å². The smallest absolute Gasteiger partial charge is 0.310 e. The highest BCUT2D eigenvalue weighted by Crippen LogP contribution is 2.35. The Morgan fingerprint density at radius 2 is 2.00 bits per heavy atom. The molecule has 0 aromatic heterocycles. The number of rotatable bonds is 8. The summed E-state index contributed by atoms with van der Waals surface area (Å²) in [7, 11) is 0. The third-order valence-corrected chi connectivity index (χ3v) is 3.18. The second-order valence-electron chi connectivity index (χ2n) is 4.81. The number of unbranched alkanes of at least 4 members (excludes halogenated alkanes) is 1. The van der Waals surface area contributed by atoms with Gasteiger partial charge in [0.1, 0.15) is 0 Å². The fourth-order valence-electron chi connectivity index (χ4n) is 2.21. The summed E-state index contributed by atoms with van der Waals surface area (Å²) in [6, 6.07) is 5.58. The molecule has 0 aliphatic carbocycles. The van der Waals surface area contributed by atoms with Gasteiger partial charge in [-0.3, -0.25) is 0 Å². The fourth-order valence-corrected chi connectivity index (χ4v) is 2.21. The van der Waals surface area contributed by atoms with Gasteiger partial charge in [0.25, 0.3) is 0 Å². The molecule has 0 aliphatic heterocycles. The Morgan fingerprint density at radius 1 is 1.30 bits per heavy atom. The van der Waals surface area contributed by atoms with Crippen molar-refractivity contribution in [1.29, 1.82) is 0 Å². The molecular weight excluding hydrogens is 263 g/mol. The average molecular weight is 285 g/mol. The minimum atomic E-state index is -4.30. The fraction of sp³-hybridized carbons (Fsp3) is 0.500. The summed E-state index contributed by atoms with van der Waals surface area (Å²) < 4.78 is 39.2. The largest absolute Gasteiger partial charge is 0.416 e. The van der Waals surface area contributed by atoms with E-state index in [-0.39, 0.29) is 6.04 Å². The second kappa shape index (κ2) is 8.10. The lowest BCUT2D eigenvalue weighted by atomic mass is 9.95. The minimum absolute atomic E-state index is 0.257. The minimum Gasteiger partial charge on any atom is -0.310 e. The Labute approximate surface area is 118 Å². The van der Waals surface area contributed by atoms with Gasteiger partial charge in [0.2, 0.25) is 0 Å². The molecule has 1 atom stereocenters. The van der Waals surface area contributed by atoms with Crippen LogP contribution in [-0.2, 0) is 6.18 Å². The van der Waals surface area contributed by atoms with Crippen LogP contribution in [0.2, 0.25) is 0 Å². The molecule has 0 heterocycles. The van der Waals surface area contributed by atoms with Gasteiger partial charge in [0.15, 0.2) is 0 Å². The summed E-state index contributed by atoms with van der Waals surface area (Å²) in [5.41, 5.74) is -0.190. The number of alkyl halides is 3. The van der Waals surface area contributed by atoms with Gasteiger partial charge in [0, 0.05) is 6.04 Å². The van der Waals surface area contributed by atoms with Gasteiger partial charge >= 0.3 is 6.18 Å². The monoisotopic (exact) mass is 285 g/mol. The first-order valence-corrected chi connectivity index (χ1v) is 7.01. The number of hydrogen-bond donors (Lipinski definition) is 1. The Bertz CT molecular complexity index is 412.